The summed E-state index contributed by atoms with van der Waals surface area (Å²) < 4.78 is 0. The zero-order valence-corrected chi connectivity index (χ0v) is 19.8. The summed E-state index contributed by atoms with van der Waals surface area (Å²) in [4.78, 5) is 69.3. The van der Waals surface area contributed by atoms with Gasteiger partial charge in [0.2, 0.25) is 11.8 Å². The van der Waals surface area contributed by atoms with E-state index in [0.29, 0.717) is 18.7 Å². The van der Waals surface area contributed by atoms with Crippen LogP contribution in [0.25, 0.3) is 10.9 Å². The molecule has 1 aromatic heterocycles. The number of carbonyl (C=O) groups excluding carboxylic acids is 4. The summed E-state index contributed by atoms with van der Waals surface area (Å²) in [6.07, 6.45) is 0.0534. The largest absolute Gasteiger partial charge is 0.480 e. The first kappa shape index (κ1) is 24.2. The first-order valence-corrected chi connectivity index (χ1v) is 11.5. The molecule has 35 heavy (non-hydrogen) atoms. The molecule has 2 aliphatic heterocycles. The summed E-state index contributed by atoms with van der Waals surface area (Å²) in [7, 11) is 0. The highest BCUT2D eigenvalue weighted by atomic mass is 16.4. The van der Waals surface area contributed by atoms with Gasteiger partial charge < -0.3 is 26.0 Å². The predicted molar refractivity (Wildman–Crippen MR) is 125 cm³/mol. The molecule has 0 spiro atoms. The fourth-order valence-electron chi connectivity index (χ4n) is 5.14. The Morgan fingerprint density at radius 2 is 1.91 bits per heavy atom. The summed E-state index contributed by atoms with van der Waals surface area (Å²) >= 11 is 0. The van der Waals surface area contributed by atoms with Crippen LogP contribution >= 0.6 is 0 Å². The van der Waals surface area contributed by atoms with E-state index in [2.05, 4.69) is 10.3 Å². The molecule has 5 N–H and O–H groups in total. The van der Waals surface area contributed by atoms with E-state index in [1.54, 1.807) is 6.92 Å². The molecule has 0 aliphatic carbocycles. The lowest BCUT2D eigenvalue weighted by molar-refractivity contribution is -0.145. The number of para-hydroxylation sites is 1. The van der Waals surface area contributed by atoms with Gasteiger partial charge >= 0.3 is 12.0 Å². The monoisotopic (exact) mass is 483 g/mol. The van der Waals surface area contributed by atoms with Crippen LogP contribution in [0.15, 0.2) is 24.3 Å². The standard InChI is InChI=1S/C24H29N5O6/c1-12(2)10-17(20(31)27-16(21(32)33)11-18(25)30)29-22(34)24(3)19-14(8-9-28(24)23(29)35)13-6-4-5-7-15(13)26-19/h4-7,12,16-17,26H,8-11H2,1-3H3,(H2,25,30)(H,27,31)(H,32,33)/t16-,17-,24-/m0/s1. The fourth-order valence-corrected chi connectivity index (χ4v) is 5.14. The minimum Gasteiger partial charge on any atom is -0.480 e. The molecule has 0 radical (unpaired) electrons. The van der Waals surface area contributed by atoms with Crippen molar-refractivity contribution in [2.45, 2.75) is 57.7 Å². The van der Waals surface area contributed by atoms with Crippen molar-refractivity contribution in [3.05, 3.63) is 35.5 Å². The van der Waals surface area contributed by atoms with Crippen LogP contribution in [-0.4, -0.2) is 68.2 Å². The van der Waals surface area contributed by atoms with Crippen LogP contribution < -0.4 is 11.1 Å². The number of hydrogen-bond acceptors (Lipinski definition) is 5. The number of H-pyrrole nitrogens is 1. The van der Waals surface area contributed by atoms with Gasteiger partial charge in [-0.1, -0.05) is 32.0 Å². The average molecular weight is 484 g/mol. The molecule has 0 saturated carbocycles. The summed E-state index contributed by atoms with van der Waals surface area (Å²) in [5, 5.41) is 12.7. The van der Waals surface area contributed by atoms with Crippen molar-refractivity contribution in [1.29, 1.82) is 0 Å². The smallest absolute Gasteiger partial charge is 0.328 e. The molecule has 3 atom stereocenters. The molecule has 4 rings (SSSR count). The van der Waals surface area contributed by atoms with Crippen molar-refractivity contribution >= 4 is 40.6 Å². The number of urea groups is 1. The van der Waals surface area contributed by atoms with Crippen molar-refractivity contribution in [3.8, 4) is 0 Å². The average Bonchev–Trinajstić information content (AvgIpc) is 3.25. The van der Waals surface area contributed by atoms with Gasteiger partial charge in [0.1, 0.15) is 12.1 Å². The Labute approximate surface area is 201 Å². The second-order valence-electron chi connectivity index (χ2n) is 9.67. The Bertz CT molecular complexity index is 1240. The first-order valence-electron chi connectivity index (χ1n) is 11.5. The van der Waals surface area contributed by atoms with E-state index >= 15 is 0 Å². The molecule has 0 unspecified atom stereocenters. The fraction of sp³-hybridized carbons (Fsp3) is 0.458. The molecular weight excluding hydrogens is 454 g/mol. The van der Waals surface area contributed by atoms with E-state index < -0.39 is 53.8 Å². The van der Waals surface area contributed by atoms with E-state index in [0.717, 1.165) is 21.4 Å². The maximum absolute atomic E-state index is 13.9. The molecule has 0 bridgehead atoms. The van der Waals surface area contributed by atoms with Crippen LogP contribution in [0.5, 0.6) is 0 Å². The Kier molecular flexibility index (Phi) is 6.04. The molecule has 11 heteroatoms. The Morgan fingerprint density at radius 1 is 1.23 bits per heavy atom. The summed E-state index contributed by atoms with van der Waals surface area (Å²) in [5.41, 5.74) is 6.22. The number of primary amides is 1. The van der Waals surface area contributed by atoms with Gasteiger partial charge in [0.05, 0.1) is 12.1 Å². The third-order valence-electron chi connectivity index (χ3n) is 6.83. The van der Waals surface area contributed by atoms with Gasteiger partial charge in [-0.05, 0) is 37.3 Å². The summed E-state index contributed by atoms with van der Waals surface area (Å²) in [5.74, 6) is -3.82. The van der Waals surface area contributed by atoms with E-state index in [4.69, 9.17) is 5.73 Å². The lowest BCUT2D eigenvalue weighted by Gasteiger charge is -2.36. The van der Waals surface area contributed by atoms with Crippen molar-refractivity contribution < 1.29 is 29.1 Å². The molecule has 11 nitrogen and oxygen atoms in total. The van der Waals surface area contributed by atoms with Crippen molar-refractivity contribution in [3.63, 3.8) is 0 Å². The number of carboxylic acids is 1. The number of aliphatic carboxylic acids is 1. The van der Waals surface area contributed by atoms with Crippen LogP contribution in [0.4, 0.5) is 4.79 Å². The number of carbonyl (C=O) groups is 5. The SMILES string of the molecule is CC(C)C[C@@H](C(=O)N[C@@H](CC(N)=O)C(=O)O)N1C(=O)N2CCc3c([nH]c4ccccc34)[C@@]2(C)C1=O. The minimum absolute atomic E-state index is 0.0974. The number of aromatic nitrogens is 1. The Hall–Kier alpha value is -3.89. The highest BCUT2D eigenvalue weighted by molar-refractivity contribution is 6.11. The highest BCUT2D eigenvalue weighted by Crippen LogP contribution is 2.44. The zero-order valence-electron chi connectivity index (χ0n) is 19.8. The number of nitrogens with one attached hydrogen (secondary N) is 2. The van der Waals surface area contributed by atoms with E-state index in [1.807, 2.05) is 38.1 Å². The van der Waals surface area contributed by atoms with E-state index in [1.165, 1.54) is 4.90 Å². The van der Waals surface area contributed by atoms with Crippen molar-refractivity contribution in [2.24, 2.45) is 11.7 Å². The second-order valence-corrected chi connectivity index (χ2v) is 9.67. The topological polar surface area (TPSA) is 166 Å². The van der Waals surface area contributed by atoms with Crippen LogP contribution in [-0.2, 0) is 31.1 Å². The Balaban J connectivity index is 1.72. The van der Waals surface area contributed by atoms with Crippen LogP contribution in [0, 0.1) is 5.92 Å². The third kappa shape index (κ3) is 3.90. The molecule has 2 aromatic rings. The lowest BCUT2D eigenvalue weighted by atomic mass is 9.86. The number of hydrogen-bond donors (Lipinski definition) is 4. The molecule has 1 saturated heterocycles. The molecule has 1 fully saturated rings. The van der Waals surface area contributed by atoms with Crippen molar-refractivity contribution in [2.75, 3.05) is 6.54 Å². The lowest BCUT2D eigenvalue weighted by Crippen LogP contribution is -2.55. The molecule has 2 aliphatic rings. The number of rotatable bonds is 8. The summed E-state index contributed by atoms with van der Waals surface area (Å²) in [6, 6.07) is 4.23. The number of nitrogens with two attached hydrogens (primary N) is 1. The predicted octanol–water partition coefficient (Wildman–Crippen LogP) is 1.06. The quantitative estimate of drug-likeness (QED) is 0.410. The van der Waals surface area contributed by atoms with Gasteiger partial charge in [-0.15, -0.1) is 0 Å². The molecular formula is C24H29N5O6. The number of carboxylic acid groups (broad SMARTS) is 1. The van der Waals surface area contributed by atoms with Gasteiger partial charge in [0, 0.05) is 17.4 Å². The number of amides is 5. The first-order chi connectivity index (χ1) is 16.5. The van der Waals surface area contributed by atoms with Gasteiger partial charge in [-0.2, -0.15) is 0 Å². The van der Waals surface area contributed by atoms with Gasteiger partial charge in [0.15, 0.2) is 5.54 Å². The number of benzene rings is 1. The van der Waals surface area contributed by atoms with Crippen LogP contribution in [0.2, 0.25) is 0 Å². The zero-order chi connectivity index (χ0) is 25.7. The highest BCUT2D eigenvalue weighted by Gasteiger charge is 2.60. The molecule has 5 amide bonds. The van der Waals surface area contributed by atoms with Gasteiger partial charge in [0.25, 0.3) is 5.91 Å². The minimum atomic E-state index is -1.57. The normalized spacial score (nSPS) is 21.1. The van der Waals surface area contributed by atoms with Crippen LogP contribution in [0.1, 0.15) is 44.9 Å². The van der Waals surface area contributed by atoms with Gasteiger partial charge in [-0.25, -0.2) is 14.5 Å². The number of fused-ring (bicyclic) bond motifs is 5. The maximum atomic E-state index is 13.9. The number of imide groups is 1. The third-order valence-corrected chi connectivity index (χ3v) is 6.83. The van der Waals surface area contributed by atoms with E-state index in [-0.39, 0.29) is 12.3 Å². The van der Waals surface area contributed by atoms with Crippen molar-refractivity contribution in [1.82, 2.24) is 20.1 Å². The number of nitrogens with zero attached hydrogens (tertiary/aromatic N) is 2. The summed E-state index contributed by atoms with van der Waals surface area (Å²) in [6.45, 7) is 5.61. The van der Waals surface area contributed by atoms with Gasteiger partial charge in [-0.3, -0.25) is 14.4 Å². The van der Waals surface area contributed by atoms with E-state index in [9.17, 15) is 29.1 Å². The maximum Gasteiger partial charge on any atom is 0.328 e. The van der Waals surface area contributed by atoms with Crippen LogP contribution in [0.3, 0.4) is 0 Å². The molecule has 3 heterocycles. The molecule has 186 valence electrons. The Morgan fingerprint density at radius 3 is 2.54 bits per heavy atom. The molecule has 1 aromatic carbocycles. The second kappa shape index (κ2) is 8.71. The number of aromatic amines is 1.